The zero-order chi connectivity index (χ0) is 13.8. The third-order valence-electron chi connectivity index (χ3n) is 2.84. The Labute approximate surface area is 111 Å². The van der Waals surface area contributed by atoms with Crippen molar-refractivity contribution in [1.29, 1.82) is 0 Å². The molecule has 2 rings (SSSR count). The molecule has 1 heterocycles. The van der Waals surface area contributed by atoms with Gasteiger partial charge in [-0.2, -0.15) is 5.10 Å². The van der Waals surface area contributed by atoms with Gasteiger partial charge in [-0.15, -0.1) is 0 Å². The molecule has 6 nitrogen and oxygen atoms in total. The first-order valence-corrected chi connectivity index (χ1v) is 6.10. The number of aromatic nitrogens is 2. The van der Waals surface area contributed by atoms with Crippen molar-refractivity contribution >= 4 is 11.4 Å². The van der Waals surface area contributed by atoms with E-state index in [0.717, 1.165) is 17.7 Å². The zero-order valence-corrected chi connectivity index (χ0v) is 11.0. The highest BCUT2D eigenvalue weighted by Gasteiger charge is 2.13. The molecule has 1 aromatic heterocycles. The number of nitro groups is 1. The van der Waals surface area contributed by atoms with Crippen molar-refractivity contribution in [3.05, 3.63) is 51.8 Å². The van der Waals surface area contributed by atoms with Gasteiger partial charge < -0.3 is 5.32 Å². The summed E-state index contributed by atoms with van der Waals surface area (Å²) >= 11 is 0. The molecular formula is C13H16N4O2. The Hall–Kier alpha value is -2.37. The van der Waals surface area contributed by atoms with Gasteiger partial charge >= 0.3 is 0 Å². The van der Waals surface area contributed by atoms with Crippen LogP contribution in [0.5, 0.6) is 0 Å². The molecule has 6 heteroatoms. The van der Waals surface area contributed by atoms with Crippen LogP contribution < -0.4 is 5.32 Å². The van der Waals surface area contributed by atoms with Crippen LogP contribution in [0.2, 0.25) is 0 Å². The second-order valence-electron chi connectivity index (χ2n) is 4.34. The zero-order valence-electron chi connectivity index (χ0n) is 11.0. The molecular weight excluding hydrogens is 244 g/mol. The minimum Gasteiger partial charge on any atom is -0.375 e. The van der Waals surface area contributed by atoms with Crippen molar-refractivity contribution < 1.29 is 4.92 Å². The molecule has 0 radical (unpaired) electrons. The summed E-state index contributed by atoms with van der Waals surface area (Å²) in [5, 5.41) is 18.2. The van der Waals surface area contributed by atoms with E-state index in [2.05, 4.69) is 10.4 Å². The van der Waals surface area contributed by atoms with Gasteiger partial charge in [0, 0.05) is 30.9 Å². The summed E-state index contributed by atoms with van der Waals surface area (Å²) in [7, 11) is 0. The fourth-order valence-corrected chi connectivity index (χ4v) is 1.82. The van der Waals surface area contributed by atoms with Crippen LogP contribution in [0.15, 0.2) is 30.6 Å². The molecule has 0 bridgehead atoms. The average Bonchev–Trinajstić information content (AvgIpc) is 2.84. The maximum Gasteiger partial charge on any atom is 0.292 e. The minimum absolute atomic E-state index is 0.0912. The van der Waals surface area contributed by atoms with Gasteiger partial charge in [-0.3, -0.25) is 14.8 Å². The van der Waals surface area contributed by atoms with Crippen LogP contribution in [0.4, 0.5) is 11.4 Å². The van der Waals surface area contributed by atoms with Crippen molar-refractivity contribution in [2.75, 3.05) is 5.32 Å². The standard InChI is InChI=1S/C13H16N4O2/c1-3-16-9-11(8-15-16)7-14-12-6-10(2)4-5-13(12)17(18)19/h4-6,8-9,14H,3,7H2,1-2H3. The van der Waals surface area contributed by atoms with Crippen LogP contribution in [0.1, 0.15) is 18.1 Å². The molecule has 0 aliphatic heterocycles. The van der Waals surface area contributed by atoms with Gasteiger partial charge in [0.2, 0.25) is 0 Å². The van der Waals surface area contributed by atoms with Crippen LogP contribution in [0.25, 0.3) is 0 Å². The summed E-state index contributed by atoms with van der Waals surface area (Å²) < 4.78 is 1.82. The highest BCUT2D eigenvalue weighted by molar-refractivity contribution is 5.62. The van der Waals surface area contributed by atoms with Gasteiger partial charge in [0.05, 0.1) is 11.1 Å². The van der Waals surface area contributed by atoms with E-state index in [1.165, 1.54) is 6.07 Å². The van der Waals surface area contributed by atoms with E-state index in [9.17, 15) is 10.1 Å². The molecule has 0 saturated heterocycles. The summed E-state index contributed by atoms with van der Waals surface area (Å²) in [6.45, 7) is 5.24. The largest absolute Gasteiger partial charge is 0.375 e. The number of nitro benzene ring substituents is 1. The molecule has 100 valence electrons. The van der Waals surface area contributed by atoms with E-state index in [1.54, 1.807) is 18.3 Å². The molecule has 2 aromatic rings. The third-order valence-corrected chi connectivity index (χ3v) is 2.84. The Kier molecular flexibility index (Phi) is 3.79. The molecule has 1 aromatic carbocycles. The first-order valence-electron chi connectivity index (χ1n) is 6.10. The van der Waals surface area contributed by atoms with Crippen molar-refractivity contribution in [2.24, 2.45) is 0 Å². The average molecular weight is 260 g/mol. The molecule has 0 unspecified atom stereocenters. The van der Waals surface area contributed by atoms with Crippen LogP contribution >= 0.6 is 0 Å². The van der Waals surface area contributed by atoms with Crippen LogP contribution in [-0.4, -0.2) is 14.7 Å². The van der Waals surface area contributed by atoms with Crippen LogP contribution in [0.3, 0.4) is 0 Å². The number of aryl methyl sites for hydroxylation is 2. The fraction of sp³-hybridized carbons (Fsp3) is 0.308. The lowest BCUT2D eigenvalue weighted by molar-refractivity contribution is -0.384. The molecule has 0 aliphatic carbocycles. The molecule has 0 atom stereocenters. The Bertz CT molecular complexity index is 592. The molecule has 1 N–H and O–H groups in total. The number of hydrogen-bond acceptors (Lipinski definition) is 4. The lowest BCUT2D eigenvalue weighted by Gasteiger charge is -2.06. The molecule has 19 heavy (non-hydrogen) atoms. The van der Waals surface area contributed by atoms with Gasteiger partial charge in [-0.05, 0) is 25.5 Å². The summed E-state index contributed by atoms with van der Waals surface area (Å²) in [4.78, 5) is 10.6. The van der Waals surface area contributed by atoms with Crippen LogP contribution in [0, 0.1) is 17.0 Å². The second kappa shape index (κ2) is 5.51. The molecule has 0 aliphatic rings. The van der Waals surface area contributed by atoms with Gasteiger partial charge in [0.1, 0.15) is 5.69 Å². The van der Waals surface area contributed by atoms with E-state index in [-0.39, 0.29) is 10.6 Å². The molecule has 0 amide bonds. The Morgan fingerprint density at radius 3 is 2.89 bits per heavy atom. The lowest BCUT2D eigenvalue weighted by Crippen LogP contribution is -2.02. The van der Waals surface area contributed by atoms with Crippen molar-refractivity contribution in [1.82, 2.24) is 9.78 Å². The highest BCUT2D eigenvalue weighted by atomic mass is 16.6. The predicted octanol–water partition coefficient (Wildman–Crippen LogP) is 2.73. The summed E-state index contributed by atoms with van der Waals surface area (Å²) in [5.74, 6) is 0. The smallest absolute Gasteiger partial charge is 0.292 e. The third kappa shape index (κ3) is 3.09. The van der Waals surface area contributed by atoms with E-state index in [4.69, 9.17) is 0 Å². The molecule has 0 spiro atoms. The first kappa shape index (κ1) is 13.1. The number of benzene rings is 1. The summed E-state index contributed by atoms with van der Waals surface area (Å²) in [6.07, 6.45) is 3.69. The normalized spacial score (nSPS) is 10.4. The van der Waals surface area contributed by atoms with E-state index >= 15 is 0 Å². The topological polar surface area (TPSA) is 73.0 Å². The quantitative estimate of drug-likeness (QED) is 0.662. The number of nitrogens with zero attached hydrogens (tertiary/aromatic N) is 3. The van der Waals surface area contributed by atoms with E-state index in [1.807, 2.05) is 24.7 Å². The van der Waals surface area contributed by atoms with Crippen LogP contribution in [-0.2, 0) is 13.1 Å². The second-order valence-corrected chi connectivity index (χ2v) is 4.34. The predicted molar refractivity (Wildman–Crippen MR) is 73.1 cm³/mol. The highest BCUT2D eigenvalue weighted by Crippen LogP contribution is 2.25. The van der Waals surface area contributed by atoms with Crippen molar-refractivity contribution in [2.45, 2.75) is 26.9 Å². The molecule has 0 fully saturated rings. The summed E-state index contributed by atoms with van der Waals surface area (Å²) in [6, 6.07) is 5.04. The van der Waals surface area contributed by atoms with Gasteiger partial charge in [-0.25, -0.2) is 0 Å². The minimum atomic E-state index is -0.378. The van der Waals surface area contributed by atoms with Crippen molar-refractivity contribution in [3.8, 4) is 0 Å². The SMILES string of the molecule is CCn1cc(CNc2cc(C)ccc2[N+](=O)[O-])cn1. The van der Waals surface area contributed by atoms with Gasteiger partial charge in [0.25, 0.3) is 5.69 Å². The first-order chi connectivity index (χ1) is 9.10. The van der Waals surface area contributed by atoms with Gasteiger partial charge in [-0.1, -0.05) is 6.07 Å². The number of rotatable bonds is 5. The Balaban J connectivity index is 2.14. The Morgan fingerprint density at radius 2 is 2.26 bits per heavy atom. The molecule has 0 saturated carbocycles. The Morgan fingerprint density at radius 1 is 1.47 bits per heavy atom. The summed E-state index contributed by atoms with van der Waals surface area (Å²) in [5.41, 5.74) is 2.61. The maximum absolute atomic E-state index is 10.9. The van der Waals surface area contributed by atoms with Gasteiger partial charge in [0.15, 0.2) is 0 Å². The fourth-order valence-electron chi connectivity index (χ4n) is 1.82. The monoisotopic (exact) mass is 260 g/mol. The lowest BCUT2D eigenvalue weighted by atomic mass is 10.2. The van der Waals surface area contributed by atoms with Crippen molar-refractivity contribution in [3.63, 3.8) is 0 Å². The number of hydrogen-bond donors (Lipinski definition) is 1. The maximum atomic E-state index is 10.9. The van der Waals surface area contributed by atoms with E-state index in [0.29, 0.717) is 12.2 Å². The van der Waals surface area contributed by atoms with E-state index < -0.39 is 0 Å². The number of nitrogens with one attached hydrogen (secondary N) is 1. The number of anilines is 1.